The monoisotopic (exact) mass is 494 g/mol. The maximum Gasteiger partial charge on any atom is 0.310 e. The van der Waals surface area contributed by atoms with Crippen LogP contribution in [-0.2, 0) is 19.1 Å². The largest absolute Gasteiger partial charge is 0.466 e. The van der Waals surface area contributed by atoms with Crippen molar-refractivity contribution in [2.75, 3.05) is 43.0 Å². The van der Waals surface area contributed by atoms with Gasteiger partial charge in [-0.1, -0.05) is 6.92 Å². The fourth-order valence-electron chi connectivity index (χ4n) is 5.11. The number of hydrogen-bond acceptors (Lipinski definition) is 6. The molecule has 4 rings (SSSR count). The number of carbonyl (C=O) groups excluding carboxylic acids is 3. The smallest absolute Gasteiger partial charge is 0.310 e. The van der Waals surface area contributed by atoms with Gasteiger partial charge in [-0.05, 0) is 75.3 Å². The molecule has 0 saturated carbocycles. The standard InChI is InChI=1S/C28H38N4O4/c1-4-36-28(35)21-6-5-13-32(18-21)27(34)10-9-26(33)29-22-7-8-24-23(17-22)20(3)16-25(30-24)31-14-11-19(2)12-15-31/h7-8,16-17,19,21H,4-6,9-15,18H2,1-3H3,(H,29,33)/t21-/m0/s1. The van der Waals surface area contributed by atoms with E-state index in [2.05, 4.69) is 30.1 Å². The van der Waals surface area contributed by atoms with Gasteiger partial charge < -0.3 is 19.9 Å². The summed E-state index contributed by atoms with van der Waals surface area (Å²) in [6, 6.07) is 7.90. The summed E-state index contributed by atoms with van der Waals surface area (Å²) < 4.78 is 5.11. The van der Waals surface area contributed by atoms with Gasteiger partial charge in [-0.3, -0.25) is 14.4 Å². The highest BCUT2D eigenvalue weighted by Crippen LogP contribution is 2.28. The van der Waals surface area contributed by atoms with Crippen LogP contribution in [0.5, 0.6) is 0 Å². The highest BCUT2D eigenvalue weighted by Gasteiger charge is 2.29. The third-order valence-electron chi connectivity index (χ3n) is 7.35. The van der Waals surface area contributed by atoms with Crippen LogP contribution in [0, 0.1) is 18.8 Å². The molecule has 1 aromatic heterocycles. The molecule has 8 heteroatoms. The summed E-state index contributed by atoms with van der Waals surface area (Å²) in [5, 5.41) is 3.93. The van der Waals surface area contributed by atoms with E-state index in [0.29, 0.717) is 25.4 Å². The van der Waals surface area contributed by atoms with E-state index in [1.54, 1.807) is 11.8 Å². The summed E-state index contributed by atoms with van der Waals surface area (Å²) in [5.74, 6) is 0.968. The molecule has 2 saturated heterocycles. The molecule has 8 nitrogen and oxygen atoms in total. The van der Waals surface area contributed by atoms with Crippen molar-refractivity contribution in [1.29, 1.82) is 0 Å². The van der Waals surface area contributed by atoms with Gasteiger partial charge in [-0.25, -0.2) is 4.98 Å². The number of benzene rings is 1. The normalized spacial score (nSPS) is 18.8. The Morgan fingerprint density at radius 1 is 1.08 bits per heavy atom. The van der Waals surface area contributed by atoms with Gasteiger partial charge in [0.05, 0.1) is 18.0 Å². The van der Waals surface area contributed by atoms with Crippen LogP contribution >= 0.6 is 0 Å². The molecule has 1 aromatic carbocycles. The molecule has 2 aliphatic heterocycles. The molecular formula is C28H38N4O4. The second-order valence-corrected chi connectivity index (χ2v) is 10.2. The number of rotatable bonds is 7. The van der Waals surface area contributed by atoms with Crippen LogP contribution in [0.3, 0.4) is 0 Å². The average molecular weight is 495 g/mol. The zero-order valence-electron chi connectivity index (χ0n) is 21.7. The Morgan fingerprint density at radius 3 is 2.61 bits per heavy atom. The number of hydrogen-bond donors (Lipinski definition) is 1. The fourth-order valence-corrected chi connectivity index (χ4v) is 5.11. The molecule has 0 unspecified atom stereocenters. The second-order valence-electron chi connectivity index (χ2n) is 10.2. The summed E-state index contributed by atoms with van der Waals surface area (Å²) in [4.78, 5) is 46.2. The molecular weight excluding hydrogens is 456 g/mol. The fraction of sp³-hybridized carbons (Fsp3) is 0.571. The minimum absolute atomic E-state index is 0.0982. The van der Waals surface area contributed by atoms with Crippen LogP contribution in [0.4, 0.5) is 11.5 Å². The summed E-state index contributed by atoms with van der Waals surface area (Å²) in [5.41, 5.74) is 2.74. The quantitative estimate of drug-likeness (QED) is 0.577. The van der Waals surface area contributed by atoms with Crippen molar-refractivity contribution >= 4 is 40.2 Å². The molecule has 0 spiro atoms. The maximum absolute atomic E-state index is 12.7. The van der Waals surface area contributed by atoms with Crippen molar-refractivity contribution < 1.29 is 19.1 Å². The molecule has 1 N–H and O–H groups in total. The van der Waals surface area contributed by atoms with Crippen LogP contribution in [0.1, 0.15) is 57.9 Å². The highest BCUT2D eigenvalue weighted by molar-refractivity contribution is 5.96. The van der Waals surface area contributed by atoms with E-state index in [1.165, 1.54) is 12.8 Å². The van der Waals surface area contributed by atoms with E-state index >= 15 is 0 Å². The number of aryl methyl sites for hydroxylation is 1. The maximum atomic E-state index is 12.7. The number of aromatic nitrogens is 1. The predicted molar refractivity (Wildman–Crippen MR) is 141 cm³/mol. The minimum atomic E-state index is -0.273. The van der Waals surface area contributed by atoms with Crippen molar-refractivity contribution in [3.05, 3.63) is 29.8 Å². The number of anilines is 2. The van der Waals surface area contributed by atoms with E-state index in [9.17, 15) is 14.4 Å². The molecule has 2 aliphatic rings. The number of carbonyl (C=O) groups is 3. The van der Waals surface area contributed by atoms with Gasteiger partial charge in [0.25, 0.3) is 0 Å². The van der Waals surface area contributed by atoms with Crippen LogP contribution in [0.2, 0.25) is 0 Å². The number of esters is 1. The zero-order chi connectivity index (χ0) is 25.7. The summed E-state index contributed by atoms with van der Waals surface area (Å²) in [6.07, 6.45) is 4.10. The topological polar surface area (TPSA) is 91.8 Å². The van der Waals surface area contributed by atoms with Crippen molar-refractivity contribution in [2.24, 2.45) is 11.8 Å². The summed E-state index contributed by atoms with van der Waals surface area (Å²) in [6.45, 7) is 9.56. The van der Waals surface area contributed by atoms with Crippen LogP contribution in [-0.4, -0.2) is 60.5 Å². The first-order chi connectivity index (χ1) is 17.3. The van der Waals surface area contributed by atoms with Crippen molar-refractivity contribution in [3.63, 3.8) is 0 Å². The number of fused-ring (bicyclic) bond motifs is 1. The Kier molecular flexibility index (Phi) is 8.44. The van der Waals surface area contributed by atoms with Gasteiger partial charge in [-0.2, -0.15) is 0 Å². The Morgan fingerprint density at radius 2 is 1.86 bits per heavy atom. The van der Waals surface area contributed by atoms with Crippen molar-refractivity contribution in [2.45, 2.75) is 59.3 Å². The summed E-state index contributed by atoms with van der Waals surface area (Å²) in [7, 11) is 0. The molecule has 2 amide bonds. The van der Waals surface area contributed by atoms with E-state index in [-0.39, 0.29) is 36.5 Å². The lowest BCUT2D eigenvalue weighted by atomic mass is 9.98. The molecule has 2 fully saturated rings. The van der Waals surface area contributed by atoms with Gasteiger partial charge in [0, 0.05) is 50.1 Å². The second kappa shape index (κ2) is 11.7. The molecule has 0 radical (unpaired) electrons. The van der Waals surface area contributed by atoms with Crippen molar-refractivity contribution in [3.8, 4) is 0 Å². The number of amides is 2. The van der Waals surface area contributed by atoms with Gasteiger partial charge in [-0.15, -0.1) is 0 Å². The number of piperidine rings is 2. The Balaban J connectivity index is 1.32. The number of pyridine rings is 1. The lowest BCUT2D eigenvalue weighted by Crippen LogP contribution is -2.43. The number of ether oxygens (including phenoxy) is 1. The summed E-state index contributed by atoms with van der Waals surface area (Å²) >= 11 is 0. The van der Waals surface area contributed by atoms with Gasteiger partial charge in [0.2, 0.25) is 11.8 Å². The Labute approximate surface area is 213 Å². The van der Waals surface area contributed by atoms with E-state index in [0.717, 1.165) is 54.1 Å². The van der Waals surface area contributed by atoms with Crippen LogP contribution in [0.15, 0.2) is 24.3 Å². The first kappa shape index (κ1) is 25.9. The molecule has 0 aliphatic carbocycles. The lowest BCUT2D eigenvalue weighted by molar-refractivity contribution is -0.151. The average Bonchev–Trinajstić information content (AvgIpc) is 2.88. The third kappa shape index (κ3) is 6.33. The Bertz CT molecular complexity index is 1110. The first-order valence-corrected chi connectivity index (χ1v) is 13.2. The van der Waals surface area contributed by atoms with Crippen molar-refractivity contribution in [1.82, 2.24) is 9.88 Å². The molecule has 3 heterocycles. The SMILES string of the molecule is CCOC(=O)[C@H]1CCCN(C(=O)CCC(=O)Nc2ccc3nc(N4CCC(C)CC4)cc(C)c3c2)C1. The zero-order valence-corrected chi connectivity index (χ0v) is 21.7. The molecule has 36 heavy (non-hydrogen) atoms. The van der Waals surface area contributed by atoms with Crippen LogP contribution in [0.25, 0.3) is 10.9 Å². The van der Waals surface area contributed by atoms with E-state index < -0.39 is 0 Å². The van der Waals surface area contributed by atoms with Crippen LogP contribution < -0.4 is 10.2 Å². The predicted octanol–water partition coefficient (Wildman–Crippen LogP) is 4.30. The van der Waals surface area contributed by atoms with E-state index in [4.69, 9.17) is 9.72 Å². The number of nitrogens with zero attached hydrogens (tertiary/aromatic N) is 3. The third-order valence-corrected chi connectivity index (χ3v) is 7.35. The van der Waals surface area contributed by atoms with Gasteiger partial charge >= 0.3 is 5.97 Å². The Hall–Kier alpha value is -3.16. The van der Waals surface area contributed by atoms with Gasteiger partial charge in [0.1, 0.15) is 5.82 Å². The molecule has 2 aromatic rings. The number of likely N-dealkylation sites (tertiary alicyclic amines) is 1. The first-order valence-electron chi connectivity index (χ1n) is 13.2. The molecule has 1 atom stereocenters. The molecule has 194 valence electrons. The van der Waals surface area contributed by atoms with Gasteiger partial charge in [0.15, 0.2) is 0 Å². The minimum Gasteiger partial charge on any atom is -0.466 e. The van der Waals surface area contributed by atoms with E-state index in [1.807, 2.05) is 18.2 Å². The molecule has 0 bridgehead atoms. The highest BCUT2D eigenvalue weighted by atomic mass is 16.5. The number of nitrogens with one attached hydrogen (secondary N) is 1. The lowest BCUT2D eigenvalue weighted by Gasteiger charge is -2.31.